The molecule has 44 heavy (non-hydrogen) atoms. The largest absolute Gasteiger partial charge is 0.473 e. The molecule has 0 bridgehead atoms. The molecule has 11 heteroatoms. The van der Waals surface area contributed by atoms with Crippen molar-refractivity contribution in [1.29, 1.82) is 0 Å². The first-order valence-corrected chi connectivity index (χ1v) is 16.7. The monoisotopic (exact) mass is 607 g/mol. The summed E-state index contributed by atoms with van der Waals surface area (Å²) in [6.45, 7) is 7.45. The quantitative estimate of drug-likeness (QED) is 0.483. The summed E-state index contributed by atoms with van der Waals surface area (Å²) >= 11 is 0. The molecule has 4 fully saturated rings. The molecule has 5 atom stereocenters. The fraction of sp³-hybridized carbons (Fsp3) is 0.758. The molecule has 0 unspecified atom stereocenters. The Kier molecular flexibility index (Phi) is 7.33. The molecule has 2 spiro atoms. The number of Topliss-reactive ketones (excluding diaryl/α,β-unsaturated/α-hetero) is 1. The Morgan fingerprint density at radius 2 is 1.91 bits per heavy atom. The van der Waals surface area contributed by atoms with Crippen molar-refractivity contribution >= 4 is 5.78 Å². The Bertz CT molecular complexity index is 1420. The van der Waals surface area contributed by atoms with Crippen LogP contribution in [0.5, 0.6) is 5.88 Å². The van der Waals surface area contributed by atoms with Gasteiger partial charge < -0.3 is 23.5 Å². The molecule has 1 saturated carbocycles. The van der Waals surface area contributed by atoms with Crippen LogP contribution in [0.2, 0.25) is 0 Å². The summed E-state index contributed by atoms with van der Waals surface area (Å²) in [5.41, 5.74) is 2.91. The van der Waals surface area contributed by atoms with Gasteiger partial charge in [0, 0.05) is 45.3 Å². The minimum absolute atomic E-state index is 0.0945. The molecular formula is C33H45N5O6. The molecule has 2 aromatic rings. The number of nitrogens with zero attached hydrogens (tertiary/aromatic N) is 5. The summed E-state index contributed by atoms with van der Waals surface area (Å²) in [5.74, 6) is 2.20. The second-order valence-corrected chi connectivity index (χ2v) is 14.1. The molecule has 0 amide bonds. The summed E-state index contributed by atoms with van der Waals surface area (Å²) in [6.07, 6.45) is 7.81. The lowest BCUT2D eigenvalue weighted by Crippen LogP contribution is -2.56. The van der Waals surface area contributed by atoms with E-state index in [-0.39, 0.29) is 23.7 Å². The molecule has 0 aromatic carbocycles. The Hall–Kier alpha value is -2.44. The molecule has 2 aliphatic carbocycles. The van der Waals surface area contributed by atoms with Crippen LogP contribution in [0.1, 0.15) is 80.9 Å². The first kappa shape index (κ1) is 29.0. The van der Waals surface area contributed by atoms with Gasteiger partial charge in [-0.2, -0.15) is 4.98 Å². The van der Waals surface area contributed by atoms with Crippen molar-refractivity contribution in [3.63, 3.8) is 0 Å². The second kappa shape index (κ2) is 11.1. The van der Waals surface area contributed by atoms with Crippen molar-refractivity contribution < 1.29 is 28.3 Å². The number of carbonyl (C=O) groups is 1. The molecular weight excluding hydrogens is 562 g/mol. The molecule has 2 aromatic heterocycles. The summed E-state index contributed by atoms with van der Waals surface area (Å²) in [7, 11) is 3.92. The van der Waals surface area contributed by atoms with E-state index in [1.165, 1.54) is 0 Å². The standard InChI is InChI=1S/C33H45N5O6/c1-20(27-24(40-3)9-13-37(27)2)43-31-23-15-38(21-16-42-17-21)18-32(12-14-41-19-32)28(23)34-30(35-31)26-22-7-6-11-33(29(22)44-36-26)10-5-4-8-25(33)39/h20-21,24,27H,4-19H2,1-3H3/t20-,24-,27+,32-,33+/m0/s1. The summed E-state index contributed by atoms with van der Waals surface area (Å²) in [5, 5.41) is 4.62. The minimum Gasteiger partial charge on any atom is -0.473 e. The van der Waals surface area contributed by atoms with Gasteiger partial charge in [-0.1, -0.05) is 11.6 Å². The Morgan fingerprint density at radius 3 is 2.66 bits per heavy atom. The summed E-state index contributed by atoms with van der Waals surface area (Å²) in [6, 6.07) is 0.478. The van der Waals surface area contributed by atoms with Gasteiger partial charge in [0.05, 0.1) is 60.1 Å². The molecule has 6 aliphatic rings. The van der Waals surface area contributed by atoms with Gasteiger partial charge >= 0.3 is 0 Å². The summed E-state index contributed by atoms with van der Waals surface area (Å²) in [4.78, 5) is 28.7. The van der Waals surface area contributed by atoms with E-state index in [1.807, 2.05) is 0 Å². The van der Waals surface area contributed by atoms with Crippen LogP contribution in [0.4, 0.5) is 0 Å². The van der Waals surface area contributed by atoms with E-state index in [4.69, 9.17) is 33.4 Å². The third-order valence-corrected chi connectivity index (χ3v) is 11.6. The number of hydrogen-bond acceptors (Lipinski definition) is 11. The van der Waals surface area contributed by atoms with Gasteiger partial charge in [0.2, 0.25) is 5.88 Å². The van der Waals surface area contributed by atoms with Gasteiger partial charge in [-0.3, -0.25) is 14.6 Å². The molecule has 3 saturated heterocycles. The zero-order valence-corrected chi connectivity index (χ0v) is 26.3. The van der Waals surface area contributed by atoms with Crippen LogP contribution in [0.3, 0.4) is 0 Å². The normalized spacial score (nSPS) is 33.5. The first-order valence-electron chi connectivity index (χ1n) is 16.7. The van der Waals surface area contributed by atoms with E-state index in [0.29, 0.717) is 55.4 Å². The van der Waals surface area contributed by atoms with E-state index in [9.17, 15) is 4.79 Å². The van der Waals surface area contributed by atoms with Crippen molar-refractivity contribution in [2.45, 2.75) is 106 Å². The van der Waals surface area contributed by atoms with Gasteiger partial charge in [-0.15, -0.1) is 0 Å². The van der Waals surface area contributed by atoms with Gasteiger partial charge in [-0.05, 0) is 58.9 Å². The maximum Gasteiger partial charge on any atom is 0.222 e. The maximum absolute atomic E-state index is 13.4. The topological polar surface area (TPSA) is 112 Å². The Balaban J connectivity index is 1.24. The molecule has 4 aliphatic heterocycles. The van der Waals surface area contributed by atoms with E-state index >= 15 is 0 Å². The van der Waals surface area contributed by atoms with Gasteiger partial charge in [0.15, 0.2) is 17.3 Å². The van der Waals surface area contributed by atoms with E-state index < -0.39 is 5.41 Å². The molecule has 11 nitrogen and oxygen atoms in total. The molecule has 238 valence electrons. The van der Waals surface area contributed by atoms with Gasteiger partial charge in [0.1, 0.15) is 11.9 Å². The summed E-state index contributed by atoms with van der Waals surface area (Å²) < 4.78 is 30.6. The first-order chi connectivity index (χ1) is 21.4. The van der Waals surface area contributed by atoms with Gasteiger partial charge in [-0.25, -0.2) is 4.98 Å². The number of methoxy groups -OCH3 is 1. The van der Waals surface area contributed by atoms with Crippen LogP contribution in [-0.4, -0.2) is 109 Å². The number of fused-ring (bicyclic) bond motifs is 4. The highest BCUT2D eigenvalue weighted by atomic mass is 16.5. The van der Waals surface area contributed by atoms with Crippen molar-refractivity contribution in [3.05, 3.63) is 22.6 Å². The van der Waals surface area contributed by atoms with Crippen molar-refractivity contribution in [2.24, 2.45) is 0 Å². The number of ether oxygens (including phenoxy) is 4. The molecule has 0 N–H and O–H groups in total. The van der Waals surface area contributed by atoms with E-state index in [2.05, 4.69) is 28.9 Å². The fourth-order valence-corrected chi connectivity index (χ4v) is 9.05. The second-order valence-electron chi connectivity index (χ2n) is 14.1. The Morgan fingerprint density at radius 1 is 1.05 bits per heavy atom. The predicted octanol–water partition coefficient (Wildman–Crippen LogP) is 3.21. The number of ketones is 1. The average molecular weight is 608 g/mol. The van der Waals surface area contributed by atoms with E-state index in [0.717, 1.165) is 100 Å². The van der Waals surface area contributed by atoms with Crippen molar-refractivity contribution in [2.75, 3.05) is 53.7 Å². The zero-order valence-electron chi connectivity index (χ0n) is 26.3. The van der Waals surface area contributed by atoms with Crippen LogP contribution in [0, 0.1) is 0 Å². The Labute approximate surface area is 258 Å². The minimum atomic E-state index is -0.548. The lowest BCUT2D eigenvalue weighted by molar-refractivity contribution is -0.128. The highest BCUT2D eigenvalue weighted by Gasteiger charge is 2.51. The fourth-order valence-electron chi connectivity index (χ4n) is 9.05. The van der Waals surface area contributed by atoms with Gasteiger partial charge in [0.25, 0.3) is 0 Å². The number of likely N-dealkylation sites (tertiary alicyclic amines) is 1. The van der Waals surface area contributed by atoms with E-state index in [1.54, 1.807) is 7.11 Å². The van der Waals surface area contributed by atoms with Crippen molar-refractivity contribution in [3.8, 4) is 17.4 Å². The SMILES string of the molecule is CO[C@H]1CCN(C)[C@@H]1[C@H](C)Oc1nc(-c2noc3c2CCC[C@@]32CCCCC2=O)nc2c1CN(C1COC1)C[C@]21CCOC1. The maximum atomic E-state index is 13.4. The number of carbonyl (C=O) groups excluding carboxylic acids is 1. The number of likely N-dealkylation sites (N-methyl/N-ethyl adjacent to an activating group) is 1. The average Bonchev–Trinajstić information content (AvgIpc) is 3.73. The predicted molar refractivity (Wildman–Crippen MR) is 160 cm³/mol. The third kappa shape index (κ3) is 4.48. The van der Waals surface area contributed by atoms with Crippen LogP contribution in [0.15, 0.2) is 4.52 Å². The highest BCUT2D eigenvalue weighted by molar-refractivity contribution is 5.91. The zero-order chi connectivity index (χ0) is 30.1. The smallest absolute Gasteiger partial charge is 0.222 e. The third-order valence-electron chi connectivity index (χ3n) is 11.6. The lowest BCUT2D eigenvalue weighted by atomic mass is 9.64. The number of aromatic nitrogens is 3. The molecule has 6 heterocycles. The van der Waals surface area contributed by atoms with Crippen molar-refractivity contribution in [1.82, 2.24) is 24.9 Å². The number of rotatable bonds is 6. The highest BCUT2D eigenvalue weighted by Crippen LogP contribution is 2.49. The van der Waals surface area contributed by atoms with Crippen LogP contribution < -0.4 is 4.74 Å². The lowest BCUT2D eigenvalue weighted by Gasteiger charge is -2.46. The van der Waals surface area contributed by atoms with Crippen LogP contribution in [0.25, 0.3) is 11.5 Å². The number of hydrogen-bond donors (Lipinski definition) is 0. The molecule has 0 radical (unpaired) electrons. The van der Waals surface area contributed by atoms with Crippen LogP contribution >= 0.6 is 0 Å². The molecule has 8 rings (SSSR count). The van der Waals surface area contributed by atoms with Crippen LogP contribution in [-0.2, 0) is 42.8 Å².